The van der Waals surface area contributed by atoms with Gasteiger partial charge in [0.1, 0.15) is 0 Å². The van der Waals surface area contributed by atoms with Gasteiger partial charge in [0.2, 0.25) is 0 Å². The van der Waals surface area contributed by atoms with E-state index in [1.54, 1.807) is 0 Å². The van der Waals surface area contributed by atoms with Crippen LogP contribution in [0.4, 0.5) is 0 Å². The summed E-state index contributed by atoms with van der Waals surface area (Å²) in [5.41, 5.74) is 0.717. The van der Waals surface area contributed by atoms with E-state index in [0.29, 0.717) is 41.8 Å². The first kappa shape index (κ1) is 37.3. The molecule has 5 aliphatic heterocycles. The number of rotatable bonds is 24. The fourth-order valence-corrected chi connectivity index (χ4v) is 12.6. The van der Waals surface area contributed by atoms with Crippen LogP contribution < -0.4 is 0 Å². The largest absolute Gasteiger partial charge is 0.370 e. The Bertz CT molecular complexity index is 987. The maximum Gasteiger partial charge on any atom is 0.0942 e. The molecule has 5 saturated heterocycles. The van der Waals surface area contributed by atoms with E-state index in [1.807, 2.05) is 0 Å². The van der Waals surface area contributed by atoms with E-state index in [-0.39, 0.29) is 27.8 Å². The van der Waals surface area contributed by atoms with E-state index in [0.717, 1.165) is 26.4 Å². The van der Waals surface area contributed by atoms with Crippen molar-refractivity contribution >= 4 is 8.07 Å². The second kappa shape index (κ2) is 14.0. The van der Waals surface area contributed by atoms with Crippen molar-refractivity contribution in [3.63, 3.8) is 0 Å². The van der Waals surface area contributed by atoms with Crippen molar-refractivity contribution in [2.75, 3.05) is 26.4 Å². The average Bonchev–Trinajstić information content (AvgIpc) is 3.87. The normalized spacial score (nSPS) is 39.2. The minimum atomic E-state index is -1.19. The standard InChI is InChI=1S/C40H74O5Si/c1-12-46(13-2,14-3)24-23-36(9,20-17-33(8)40(28-44-40)22-19-31(6)38(11)26-42-38)35-34(45-35)29(4)15-16-32(7)39(27-43-39)21-18-30(5)37(10)25-41-37/h29-35H,12-28H2,1-11H3. The molecule has 0 aromatic rings. The monoisotopic (exact) mass is 663 g/mol. The lowest BCUT2D eigenvalue weighted by Gasteiger charge is -2.36. The molecule has 0 aromatic heterocycles. The lowest BCUT2D eigenvalue weighted by molar-refractivity contribution is 0.141. The summed E-state index contributed by atoms with van der Waals surface area (Å²) in [5, 5.41) is 0. The highest BCUT2D eigenvalue weighted by atomic mass is 28.3. The van der Waals surface area contributed by atoms with Crippen LogP contribution in [-0.2, 0) is 23.7 Å². The molecular formula is C40H74O5Si. The van der Waals surface area contributed by atoms with Crippen molar-refractivity contribution in [3.05, 3.63) is 0 Å². The predicted molar refractivity (Wildman–Crippen MR) is 192 cm³/mol. The molecule has 12 unspecified atom stereocenters. The first-order chi connectivity index (χ1) is 21.6. The van der Waals surface area contributed by atoms with Crippen molar-refractivity contribution < 1.29 is 23.7 Å². The summed E-state index contributed by atoms with van der Waals surface area (Å²) in [4.78, 5) is 0. The van der Waals surface area contributed by atoms with Gasteiger partial charge < -0.3 is 23.7 Å². The van der Waals surface area contributed by atoms with E-state index in [1.165, 1.54) is 82.0 Å². The molecule has 12 atom stereocenters. The molecule has 5 rings (SSSR count). The zero-order chi connectivity index (χ0) is 33.6. The first-order valence-electron chi connectivity index (χ1n) is 19.8. The van der Waals surface area contributed by atoms with Crippen molar-refractivity contribution in [2.24, 2.45) is 35.0 Å². The summed E-state index contributed by atoms with van der Waals surface area (Å²) in [6.07, 6.45) is 11.9. The topological polar surface area (TPSA) is 62.6 Å². The Hall–Kier alpha value is 0.0169. The molecule has 5 nitrogen and oxygen atoms in total. The zero-order valence-electron chi connectivity index (χ0n) is 32.1. The minimum absolute atomic E-state index is 0.102. The van der Waals surface area contributed by atoms with Gasteiger partial charge in [-0.25, -0.2) is 0 Å². The first-order valence-corrected chi connectivity index (χ1v) is 22.7. The fraction of sp³-hybridized carbons (Fsp3) is 1.00. The molecule has 0 N–H and O–H groups in total. The Morgan fingerprint density at radius 1 is 0.630 bits per heavy atom. The van der Waals surface area contributed by atoms with Crippen molar-refractivity contribution in [1.82, 2.24) is 0 Å². The molecule has 5 aliphatic rings. The van der Waals surface area contributed by atoms with E-state index >= 15 is 0 Å². The van der Waals surface area contributed by atoms with E-state index < -0.39 is 8.07 Å². The lowest BCUT2D eigenvalue weighted by Crippen LogP contribution is -2.36. The molecule has 0 aromatic carbocycles. The van der Waals surface area contributed by atoms with E-state index in [4.69, 9.17) is 23.7 Å². The molecular weight excluding hydrogens is 589 g/mol. The Labute approximate surface area is 285 Å². The summed E-state index contributed by atoms with van der Waals surface area (Å²) in [6.45, 7) is 30.4. The molecule has 0 saturated carbocycles. The molecule has 0 radical (unpaired) electrons. The van der Waals surface area contributed by atoms with Gasteiger partial charge in [-0.2, -0.15) is 0 Å². The van der Waals surface area contributed by atoms with Crippen LogP contribution in [0.1, 0.15) is 134 Å². The van der Waals surface area contributed by atoms with Crippen LogP contribution in [0.15, 0.2) is 0 Å². The molecule has 6 heteroatoms. The number of hydrogen-bond donors (Lipinski definition) is 0. The van der Waals surface area contributed by atoms with Crippen molar-refractivity contribution in [2.45, 2.75) is 193 Å². The smallest absolute Gasteiger partial charge is 0.0942 e. The number of ether oxygens (including phenoxy) is 5. The third-order valence-electron chi connectivity index (χ3n) is 15.6. The van der Waals surface area contributed by atoms with Crippen LogP contribution in [0.2, 0.25) is 24.2 Å². The van der Waals surface area contributed by atoms with Crippen LogP contribution >= 0.6 is 0 Å². The van der Waals surface area contributed by atoms with Gasteiger partial charge >= 0.3 is 0 Å². The van der Waals surface area contributed by atoms with E-state index in [9.17, 15) is 0 Å². The summed E-state index contributed by atoms with van der Waals surface area (Å²) < 4.78 is 30.7. The second-order valence-electron chi connectivity index (χ2n) is 18.4. The van der Waals surface area contributed by atoms with Gasteiger partial charge in [-0.05, 0) is 107 Å². The third-order valence-corrected chi connectivity index (χ3v) is 21.4. The van der Waals surface area contributed by atoms with Gasteiger partial charge in [0.15, 0.2) is 0 Å². The van der Waals surface area contributed by atoms with Gasteiger partial charge in [-0.15, -0.1) is 0 Å². The summed E-state index contributed by atoms with van der Waals surface area (Å²) >= 11 is 0. The fourth-order valence-electron chi connectivity index (χ4n) is 8.97. The van der Waals surface area contributed by atoms with Gasteiger partial charge in [-0.1, -0.05) is 86.5 Å². The zero-order valence-corrected chi connectivity index (χ0v) is 33.1. The number of hydrogen-bond acceptors (Lipinski definition) is 5. The maximum atomic E-state index is 6.75. The van der Waals surface area contributed by atoms with Crippen molar-refractivity contribution in [1.29, 1.82) is 0 Å². The minimum Gasteiger partial charge on any atom is -0.370 e. The van der Waals surface area contributed by atoms with E-state index in [2.05, 4.69) is 76.2 Å². The molecule has 0 aliphatic carbocycles. The van der Waals surface area contributed by atoms with Gasteiger partial charge in [0.25, 0.3) is 0 Å². The highest BCUT2D eigenvalue weighted by Crippen LogP contribution is 2.53. The Morgan fingerprint density at radius 2 is 1.09 bits per heavy atom. The Kier molecular flexibility index (Phi) is 11.3. The predicted octanol–water partition coefficient (Wildman–Crippen LogP) is 10.1. The highest BCUT2D eigenvalue weighted by molar-refractivity contribution is 6.79. The van der Waals surface area contributed by atoms with Crippen LogP contribution in [0.25, 0.3) is 0 Å². The molecule has 5 fully saturated rings. The third kappa shape index (κ3) is 8.31. The maximum absolute atomic E-state index is 6.75. The van der Waals surface area contributed by atoms with Crippen LogP contribution in [-0.4, -0.2) is 69.1 Å². The molecule has 5 heterocycles. The van der Waals surface area contributed by atoms with Gasteiger partial charge in [0, 0.05) is 0 Å². The molecule has 46 heavy (non-hydrogen) atoms. The van der Waals surface area contributed by atoms with Crippen molar-refractivity contribution in [3.8, 4) is 0 Å². The quantitative estimate of drug-likeness (QED) is 0.0760. The SMILES string of the molecule is CC[Si](CC)(CC)CCC(C)(CCC(C)C1(CCC(C)C2(C)CO2)CO1)C1OC1C(C)CCC(C)C1(CCC(C)C2(C)CO2)CO1. The molecule has 268 valence electrons. The number of epoxide rings is 5. The van der Waals surface area contributed by atoms with Crippen LogP contribution in [0.5, 0.6) is 0 Å². The summed E-state index contributed by atoms with van der Waals surface area (Å²) in [5.74, 6) is 3.03. The summed E-state index contributed by atoms with van der Waals surface area (Å²) in [7, 11) is -1.19. The van der Waals surface area contributed by atoms with Gasteiger partial charge in [0.05, 0.1) is 69.1 Å². The van der Waals surface area contributed by atoms with Crippen LogP contribution in [0.3, 0.4) is 0 Å². The van der Waals surface area contributed by atoms with Gasteiger partial charge in [-0.3, -0.25) is 0 Å². The molecule has 0 spiro atoms. The Balaban J connectivity index is 1.14. The van der Waals surface area contributed by atoms with Crippen LogP contribution in [0, 0.1) is 35.0 Å². The summed E-state index contributed by atoms with van der Waals surface area (Å²) in [6, 6.07) is 5.71. The Morgan fingerprint density at radius 3 is 1.50 bits per heavy atom. The second-order valence-corrected chi connectivity index (χ2v) is 24.0. The highest BCUT2D eigenvalue weighted by Gasteiger charge is 2.57. The average molecular weight is 663 g/mol. The molecule has 0 amide bonds. The lowest BCUT2D eigenvalue weighted by atomic mass is 9.73. The molecule has 0 bridgehead atoms.